The van der Waals surface area contributed by atoms with Crippen LogP contribution in [0.4, 0.5) is 0 Å². The lowest BCUT2D eigenvalue weighted by Crippen LogP contribution is -2.46. The first kappa shape index (κ1) is 77.0. The molecule has 0 saturated carbocycles. The molecule has 3 unspecified atom stereocenters. The molecule has 0 fully saturated rings. The molecule has 78 heavy (non-hydrogen) atoms. The Hall–Kier alpha value is -1.02. The van der Waals surface area contributed by atoms with Crippen LogP contribution in [0.5, 0.6) is 0 Å². The van der Waals surface area contributed by atoms with Crippen molar-refractivity contribution in [3.63, 3.8) is 0 Å². The number of aliphatic hydroxyl groups excluding tert-OH is 1. The molecule has 8 nitrogen and oxygen atoms in total. The second-order valence-corrected chi connectivity index (χ2v) is 26.7. The largest absolute Gasteiger partial charge is 0.472 e. The van der Waals surface area contributed by atoms with E-state index in [1.165, 1.54) is 289 Å². The van der Waals surface area contributed by atoms with Gasteiger partial charge in [-0.1, -0.05) is 334 Å². The number of allylic oxidation sites excluding steroid dienone is 4. The summed E-state index contributed by atoms with van der Waals surface area (Å²) in [5.74, 6) is -0.137. The lowest BCUT2D eigenvalue weighted by atomic mass is 10.0. The molecule has 0 aromatic carbocycles. The van der Waals surface area contributed by atoms with Gasteiger partial charge in [-0.2, -0.15) is 0 Å². The highest BCUT2D eigenvalue weighted by Gasteiger charge is 2.28. The van der Waals surface area contributed by atoms with Crippen LogP contribution in [-0.2, 0) is 18.4 Å². The number of carbonyl (C=O) groups is 1. The summed E-state index contributed by atoms with van der Waals surface area (Å²) in [6.45, 7) is 4.95. The van der Waals surface area contributed by atoms with Crippen molar-refractivity contribution in [3.05, 3.63) is 24.3 Å². The topological polar surface area (TPSA) is 105 Å². The Morgan fingerprint density at radius 2 is 0.731 bits per heavy atom. The summed E-state index contributed by atoms with van der Waals surface area (Å²) in [6.07, 6.45) is 78.5. The van der Waals surface area contributed by atoms with Crippen LogP contribution in [0.2, 0.25) is 0 Å². The molecular weight excluding hydrogens is 984 g/mol. The van der Waals surface area contributed by atoms with Gasteiger partial charge in [0, 0.05) is 6.42 Å². The molecule has 0 aliphatic carbocycles. The summed E-state index contributed by atoms with van der Waals surface area (Å²) < 4.78 is 23.9. The predicted octanol–water partition coefficient (Wildman–Crippen LogP) is 21.9. The summed E-state index contributed by atoms with van der Waals surface area (Å²) in [7, 11) is 1.63. The fourth-order valence-electron chi connectivity index (χ4n) is 10.8. The van der Waals surface area contributed by atoms with E-state index >= 15 is 0 Å². The average molecular weight is 1120 g/mol. The van der Waals surface area contributed by atoms with Crippen LogP contribution in [0, 0.1) is 0 Å². The summed E-state index contributed by atoms with van der Waals surface area (Å²) >= 11 is 0. The number of aliphatic hydroxyl groups is 1. The number of phosphoric acid groups is 1. The molecule has 464 valence electrons. The fourth-order valence-corrected chi connectivity index (χ4v) is 11.5. The van der Waals surface area contributed by atoms with Crippen molar-refractivity contribution in [2.24, 2.45) is 0 Å². The van der Waals surface area contributed by atoms with E-state index in [2.05, 4.69) is 43.5 Å². The van der Waals surface area contributed by atoms with E-state index in [9.17, 15) is 19.4 Å². The lowest BCUT2D eigenvalue weighted by Gasteiger charge is -2.26. The van der Waals surface area contributed by atoms with Gasteiger partial charge in [-0.15, -0.1) is 0 Å². The molecule has 0 saturated heterocycles. The predicted molar refractivity (Wildman–Crippen MR) is 342 cm³/mol. The van der Waals surface area contributed by atoms with Gasteiger partial charge < -0.3 is 19.8 Å². The van der Waals surface area contributed by atoms with Gasteiger partial charge in [-0.05, 0) is 44.9 Å². The van der Waals surface area contributed by atoms with Gasteiger partial charge in [0.15, 0.2) is 0 Å². The zero-order valence-electron chi connectivity index (χ0n) is 53.2. The molecule has 0 bridgehead atoms. The Morgan fingerprint density at radius 1 is 0.436 bits per heavy atom. The fraction of sp³-hybridized carbons (Fsp3) is 0.928. The molecule has 1 amide bonds. The maximum atomic E-state index is 13.1. The van der Waals surface area contributed by atoms with Gasteiger partial charge >= 0.3 is 7.82 Å². The van der Waals surface area contributed by atoms with Gasteiger partial charge in [0.25, 0.3) is 0 Å². The Morgan fingerprint density at radius 3 is 1.05 bits per heavy atom. The van der Waals surface area contributed by atoms with Crippen LogP contribution in [0.25, 0.3) is 0 Å². The van der Waals surface area contributed by atoms with E-state index in [-0.39, 0.29) is 19.1 Å². The molecule has 0 aliphatic heterocycles. The van der Waals surface area contributed by atoms with Crippen molar-refractivity contribution in [1.82, 2.24) is 5.32 Å². The minimum absolute atomic E-state index is 0.0769. The van der Waals surface area contributed by atoms with Crippen LogP contribution >= 0.6 is 7.82 Å². The van der Waals surface area contributed by atoms with Crippen LogP contribution in [0.1, 0.15) is 361 Å². The van der Waals surface area contributed by atoms with Gasteiger partial charge in [0.1, 0.15) is 13.2 Å². The molecular formula is C69H138N2O6P+. The van der Waals surface area contributed by atoms with Crippen molar-refractivity contribution in [3.8, 4) is 0 Å². The zero-order valence-corrected chi connectivity index (χ0v) is 54.1. The number of quaternary nitrogens is 1. The maximum absolute atomic E-state index is 13.1. The van der Waals surface area contributed by atoms with E-state index < -0.39 is 20.0 Å². The zero-order chi connectivity index (χ0) is 57.0. The standard InChI is InChI=1S/C69H137N2O6P/c1-6-8-10-12-14-16-18-20-22-24-26-28-30-32-33-34-35-36-37-39-41-43-45-47-49-51-53-55-57-59-61-63-69(73)70-67(66-77-78(74,75)76-65-64-71(3,4)5)68(72)62-60-58-56-54-52-50-48-46-44-42-40-38-31-29-27-25-23-21-19-17-15-13-11-9-7-2/h26,28,32-33,67-68,72H,6-25,27,29-31,34-66H2,1-5H3,(H-,70,73,74,75)/p+1/b28-26-,33-32-. The Labute approximate surface area is 487 Å². The highest BCUT2D eigenvalue weighted by atomic mass is 31.2. The van der Waals surface area contributed by atoms with E-state index in [1.54, 1.807) is 0 Å². The molecule has 3 atom stereocenters. The molecule has 0 aliphatic rings. The summed E-state index contributed by atoms with van der Waals surface area (Å²) in [4.78, 5) is 23.5. The van der Waals surface area contributed by atoms with E-state index in [4.69, 9.17) is 9.05 Å². The second kappa shape index (κ2) is 60.6. The first-order chi connectivity index (χ1) is 38.0. The smallest absolute Gasteiger partial charge is 0.391 e. The minimum atomic E-state index is -4.33. The van der Waals surface area contributed by atoms with Gasteiger partial charge in [0.2, 0.25) is 5.91 Å². The number of unbranched alkanes of at least 4 members (excludes halogenated alkanes) is 48. The van der Waals surface area contributed by atoms with Crippen molar-refractivity contribution < 1.29 is 32.9 Å². The van der Waals surface area contributed by atoms with E-state index in [1.807, 2.05) is 21.1 Å². The van der Waals surface area contributed by atoms with Gasteiger partial charge in [-0.25, -0.2) is 4.57 Å². The van der Waals surface area contributed by atoms with Crippen molar-refractivity contribution in [2.75, 3.05) is 40.9 Å². The number of hydrogen-bond acceptors (Lipinski definition) is 5. The van der Waals surface area contributed by atoms with Gasteiger partial charge in [-0.3, -0.25) is 13.8 Å². The van der Waals surface area contributed by atoms with Crippen molar-refractivity contribution >= 4 is 13.7 Å². The lowest BCUT2D eigenvalue weighted by molar-refractivity contribution is -0.870. The highest BCUT2D eigenvalue weighted by Crippen LogP contribution is 2.43. The minimum Gasteiger partial charge on any atom is -0.391 e. The molecule has 0 rings (SSSR count). The van der Waals surface area contributed by atoms with Crippen LogP contribution in [0.15, 0.2) is 24.3 Å². The Kier molecular flexibility index (Phi) is 59.8. The number of amides is 1. The third-order valence-corrected chi connectivity index (χ3v) is 17.2. The molecule has 0 aromatic rings. The average Bonchev–Trinajstić information content (AvgIpc) is 3.41. The Balaban J connectivity index is 4.02. The second-order valence-electron chi connectivity index (χ2n) is 25.3. The summed E-state index contributed by atoms with van der Waals surface area (Å²) in [5.41, 5.74) is 0. The van der Waals surface area contributed by atoms with Crippen molar-refractivity contribution in [1.29, 1.82) is 0 Å². The van der Waals surface area contributed by atoms with Gasteiger partial charge in [0.05, 0.1) is 39.9 Å². The monoisotopic (exact) mass is 1120 g/mol. The molecule has 0 aromatic heterocycles. The number of phosphoric ester groups is 1. The normalized spacial score (nSPS) is 13.8. The SMILES string of the molecule is CCCCCCCCCCC/C=C\C/C=C\CCCCCCCCCCCCCCCCCC(=O)NC(COP(=O)(O)OCC[N+](C)(C)C)C(O)CCCCCCCCCCCCCCCCCCCCCCCCCCC. The maximum Gasteiger partial charge on any atom is 0.472 e. The quantitative estimate of drug-likeness (QED) is 0.0243. The third-order valence-electron chi connectivity index (χ3n) is 16.2. The van der Waals surface area contributed by atoms with Crippen LogP contribution < -0.4 is 5.32 Å². The van der Waals surface area contributed by atoms with Crippen LogP contribution in [-0.4, -0.2) is 73.4 Å². The molecule has 9 heteroatoms. The first-order valence-corrected chi connectivity index (χ1v) is 36.2. The van der Waals surface area contributed by atoms with E-state index in [0.717, 1.165) is 44.9 Å². The van der Waals surface area contributed by atoms with Crippen molar-refractivity contribution in [2.45, 2.75) is 373 Å². The molecule has 0 radical (unpaired) electrons. The van der Waals surface area contributed by atoms with Crippen LogP contribution in [0.3, 0.4) is 0 Å². The number of hydrogen-bond donors (Lipinski definition) is 3. The van der Waals surface area contributed by atoms with E-state index in [0.29, 0.717) is 23.9 Å². The summed E-state index contributed by atoms with van der Waals surface area (Å²) in [5, 5.41) is 14.1. The third kappa shape index (κ3) is 62.6. The Bertz CT molecular complexity index is 1320. The summed E-state index contributed by atoms with van der Waals surface area (Å²) in [6, 6.07) is -0.761. The molecule has 0 spiro atoms. The molecule has 3 N–H and O–H groups in total. The highest BCUT2D eigenvalue weighted by molar-refractivity contribution is 7.47. The number of nitrogens with zero attached hydrogens (tertiary/aromatic N) is 1. The first-order valence-electron chi connectivity index (χ1n) is 34.7. The number of nitrogens with one attached hydrogen (secondary N) is 1. The number of carbonyl (C=O) groups excluding carboxylic acids is 1. The number of likely N-dealkylation sites (N-methyl/N-ethyl adjacent to an activating group) is 1. The molecule has 0 heterocycles. The number of rotatable bonds is 65.